The molecule has 2 heterocycles. The Hall–Kier alpha value is -2.28. The molecule has 2 aromatic rings. The summed E-state index contributed by atoms with van der Waals surface area (Å²) in [5, 5.41) is 5.15. The Kier molecular flexibility index (Phi) is 3.66. The molecule has 1 aromatic heterocycles. The highest BCUT2D eigenvalue weighted by molar-refractivity contribution is 5.95. The molecule has 1 atom stereocenters. The van der Waals surface area contributed by atoms with E-state index in [0.717, 1.165) is 5.56 Å². The van der Waals surface area contributed by atoms with Crippen LogP contribution in [0.25, 0.3) is 11.3 Å². The molecule has 5 nitrogen and oxygen atoms in total. The fraction of sp³-hybridized carbons (Fsp3) is 0.333. The molecule has 1 unspecified atom stereocenters. The molecule has 1 aromatic carbocycles. The molecule has 116 valence electrons. The SMILES string of the molecule is Cc1ncc(-c2ccc(NC(=O)C3CC(F)(F)CN3)cc2)o1. The molecule has 1 aliphatic heterocycles. The minimum absolute atomic E-state index is 0.458. The number of anilines is 1. The van der Waals surface area contributed by atoms with Crippen molar-refractivity contribution in [3.63, 3.8) is 0 Å². The summed E-state index contributed by atoms with van der Waals surface area (Å²) in [6.45, 7) is 1.29. The lowest BCUT2D eigenvalue weighted by molar-refractivity contribution is -0.118. The van der Waals surface area contributed by atoms with Gasteiger partial charge in [-0.25, -0.2) is 13.8 Å². The third-order valence-electron chi connectivity index (χ3n) is 3.48. The summed E-state index contributed by atoms with van der Waals surface area (Å²) < 4.78 is 31.6. The van der Waals surface area contributed by atoms with Crippen LogP contribution < -0.4 is 10.6 Å². The second kappa shape index (κ2) is 5.49. The summed E-state index contributed by atoms with van der Waals surface area (Å²) >= 11 is 0. The Balaban J connectivity index is 1.65. The highest BCUT2D eigenvalue weighted by Crippen LogP contribution is 2.26. The van der Waals surface area contributed by atoms with E-state index < -0.39 is 30.8 Å². The van der Waals surface area contributed by atoms with Crippen LogP contribution in [0.1, 0.15) is 12.3 Å². The summed E-state index contributed by atoms with van der Waals surface area (Å²) in [5.74, 6) is -2.08. The lowest BCUT2D eigenvalue weighted by Crippen LogP contribution is -2.35. The van der Waals surface area contributed by atoms with Crippen molar-refractivity contribution in [1.82, 2.24) is 10.3 Å². The molecule has 1 fully saturated rings. The van der Waals surface area contributed by atoms with E-state index in [1.807, 2.05) is 0 Å². The van der Waals surface area contributed by atoms with Gasteiger partial charge in [0.2, 0.25) is 5.91 Å². The van der Waals surface area contributed by atoms with E-state index in [1.54, 1.807) is 37.4 Å². The molecule has 0 radical (unpaired) electrons. The van der Waals surface area contributed by atoms with Crippen LogP contribution >= 0.6 is 0 Å². The van der Waals surface area contributed by atoms with Crippen molar-refractivity contribution in [3.8, 4) is 11.3 Å². The fourth-order valence-corrected chi connectivity index (χ4v) is 2.34. The van der Waals surface area contributed by atoms with Gasteiger partial charge >= 0.3 is 0 Å². The van der Waals surface area contributed by atoms with Gasteiger partial charge in [-0.2, -0.15) is 0 Å². The predicted molar refractivity (Wildman–Crippen MR) is 76.7 cm³/mol. The largest absolute Gasteiger partial charge is 0.441 e. The molecule has 2 N–H and O–H groups in total. The number of aromatic nitrogens is 1. The van der Waals surface area contributed by atoms with Gasteiger partial charge in [0.15, 0.2) is 11.7 Å². The quantitative estimate of drug-likeness (QED) is 0.914. The zero-order valence-corrected chi connectivity index (χ0v) is 11.9. The van der Waals surface area contributed by atoms with Crippen LogP contribution in [0.2, 0.25) is 0 Å². The smallest absolute Gasteiger partial charge is 0.262 e. The van der Waals surface area contributed by atoms with Crippen LogP contribution in [0.4, 0.5) is 14.5 Å². The van der Waals surface area contributed by atoms with Gasteiger partial charge in [-0.1, -0.05) is 0 Å². The van der Waals surface area contributed by atoms with E-state index in [4.69, 9.17) is 4.42 Å². The number of carbonyl (C=O) groups excluding carboxylic acids is 1. The van der Waals surface area contributed by atoms with Crippen LogP contribution in [0, 0.1) is 6.92 Å². The van der Waals surface area contributed by atoms with Gasteiger partial charge in [0.05, 0.1) is 18.8 Å². The number of alkyl halides is 2. The third-order valence-corrected chi connectivity index (χ3v) is 3.48. The van der Waals surface area contributed by atoms with Gasteiger partial charge in [-0.3, -0.25) is 10.1 Å². The maximum atomic E-state index is 13.1. The molecular formula is C15H15F2N3O2. The number of nitrogens with one attached hydrogen (secondary N) is 2. The van der Waals surface area contributed by atoms with E-state index >= 15 is 0 Å². The number of hydrogen-bond donors (Lipinski definition) is 2. The number of rotatable bonds is 3. The number of benzene rings is 1. The average Bonchev–Trinajstić information content (AvgIpc) is 3.05. The fourth-order valence-electron chi connectivity index (χ4n) is 2.34. The second-order valence-corrected chi connectivity index (χ2v) is 5.30. The van der Waals surface area contributed by atoms with Crippen molar-refractivity contribution in [1.29, 1.82) is 0 Å². The van der Waals surface area contributed by atoms with E-state index in [-0.39, 0.29) is 0 Å². The number of nitrogens with zero attached hydrogens (tertiary/aromatic N) is 1. The maximum absolute atomic E-state index is 13.1. The first kappa shape index (κ1) is 14.6. The molecule has 1 saturated heterocycles. The minimum Gasteiger partial charge on any atom is -0.441 e. The first-order chi connectivity index (χ1) is 10.4. The Morgan fingerprint density at radius 1 is 1.41 bits per heavy atom. The molecule has 0 spiro atoms. The van der Waals surface area contributed by atoms with Gasteiger partial charge in [-0.15, -0.1) is 0 Å². The van der Waals surface area contributed by atoms with Gasteiger partial charge in [0, 0.05) is 24.6 Å². The van der Waals surface area contributed by atoms with Gasteiger partial charge in [-0.05, 0) is 24.3 Å². The van der Waals surface area contributed by atoms with Gasteiger partial charge < -0.3 is 9.73 Å². The van der Waals surface area contributed by atoms with E-state index in [2.05, 4.69) is 15.6 Å². The first-order valence-electron chi connectivity index (χ1n) is 6.88. The van der Waals surface area contributed by atoms with Crippen LogP contribution in [-0.4, -0.2) is 29.4 Å². The number of oxazole rings is 1. The Morgan fingerprint density at radius 3 is 2.68 bits per heavy atom. The summed E-state index contributed by atoms with van der Waals surface area (Å²) in [6, 6.07) is 6.06. The van der Waals surface area contributed by atoms with E-state index in [0.29, 0.717) is 17.3 Å². The molecule has 1 amide bonds. The number of amides is 1. The van der Waals surface area contributed by atoms with Gasteiger partial charge in [0.1, 0.15) is 0 Å². The summed E-state index contributed by atoms with van der Waals surface area (Å²) in [4.78, 5) is 15.9. The molecule has 7 heteroatoms. The zero-order valence-electron chi connectivity index (χ0n) is 11.9. The van der Waals surface area contributed by atoms with Crippen LogP contribution in [0.5, 0.6) is 0 Å². The third kappa shape index (κ3) is 3.14. The van der Waals surface area contributed by atoms with Crippen molar-refractivity contribution in [2.75, 3.05) is 11.9 Å². The summed E-state index contributed by atoms with van der Waals surface area (Å²) in [6.07, 6.45) is 1.14. The molecule has 0 saturated carbocycles. The van der Waals surface area contributed by atoms with E-state index in [9.17, 15) is 13.6 Å². The Morgan fingerprint density at radius 2 is 2.14 bits per heavy atom. The number of halogens is 2. The first-order valence-corrected chi connectivity index (χ1v) is 6.88. The predicted octanol–water partition coefficient (Wildman–Crippen LogP) is 2.59. The lowest BCUT2D eigenvalue weighted by atomic mass is 10.1. The van der Waals surface area contributed by atoms with Crippen LogP contribution in [-0.2, 0) is 4.79 Å². The normalized spacial score (nSPS) is 20.0. The van der Waals surface area contributed by atoms with Crippen molar-refractivity contribution in [3.05, 3.63) is 36.4 Å². The molecule has 3 rings (SSSR count). The average molecular weight is 307 g/mol. The highest BCUT2D eigenvalue weighted by atomic mass is 19.3. The van der Waals surface area contributed by atoms with Crippen molar-refractivity contribution >= 4 is 11.6 Å². The Labute approximate surface area is 125 Å². The van der Waals surface area contributed by atoms with E-state index in [1.165, 1.54) is 0 Å². The monoisotopic (exact) mass is 307 g/mol. The van der Waals surface area contributed by atoms with Crippen LogP contribution in [0.3, 0.4) is 0 Å². The van der Waals surface area contributed by atoms with Crippen molar-refractivity contribution in [2.45, 2.75) is 25.3 Å². The lowest BCUT2D eigenvalue weighted by Gasteiger charge is -2.11. The van der Waals surface area contributed by atoms with Crippen molar-refractivity contribution < 1.29 is 18.0 Å². The second-order valence-electron chi connectivity index (χ2n) is 5.30. The standard InChI is InChI=1S/C15H15F2N3O2/c1-9-18-7-13(22-9)10-2-4-11(5-3-10)20-14(21)12-6-15(16,17)8-19-12/h2-5,7,12,19H,6,8H2,1H3,(H,20,21). The number of carbonyl (C=O) groups is 1. The highest BCUT2D eigenvalue weighted by Gasteiger charge is 2.42. The maximum Gasteiger partial charge on any atom is 0.262 e. The molecule has 0 aliphatic carbocycles. The minimum atomic E-state index is -2.82. The Bertz CT molecular complexity index is 682. The molecule has 1 aliphatic rings. The summed E-state index contributed by atoms with van der Waals surface area (Å²) in [7, 11) is 0. The molecule has 22 heavy (non-hydrogen) atoms. The summed E-state index contributed by atoms with van der Waals surface area (Å²) in [5.41, 5.74) is 1.37. The van der Waals surface area contributed by atoms with Crippen molar-refractivity contribution in [2.24, 2.45) is 0 Å². The molecule has 0 bridgehead atoms. The number of aryl methyl sites for hydroxylation is 1. The van der Waals surface area contributed by atoms with Gasteiger partial charge in [0.25, 0.3) is 5.92 Å². The number of hydrogen-bond acceptors (Lipinski definition) is 4. The van der Waals surface area contributed by atoms with Crippen LogP contribution in [0.15, 0.2) is 34.9 Å². The zero-order chi connectivity index (χ0) is 15.7. The molecular weight excluding hydrogens is 292 g/mol. The topological polar surface area (TPSA) is 67.2 Å².